The first-order valence-corrected chi connectivity index (χ1v) is 6.10. The molecule has 1 aromatic heterocycles. The molecule has 1 saturated heterocycles. The van der Waals surface area contributed by atoms with Gasteiger partial charge in [-0.2, -0.15) is 0 Å². The van der Waals surface area contributed by atoms with Gasteiger partial charge in [0.05, 0.1) is 0 Å². The fourth-order valence-electron chi connectivity index (χ4n) is 2.49. The van der Waals surface area contributed by atoms with Crippen LogP contribution < -0.4 is 5.32 Å². The van der Waals surface area contributed by atoms with Gasteiger partial charge in [-0.25, -0.2) is 0 Å². The molecule has 2 rings (SSSR count). The summed E-state index contributed by atoms with van der Waals surface area (Å²) in [5, 5.41) is 3.64. The summed E-state index contributed by atoms with van der Waals surface area (Å²) in [4.78, 5) is 0. The average molecular weight is 207 g/mol. The van der Waals surface area contributed by atoms with E-state index >= 15 is 0 Å². The van der Waals surface area contributed by atoms with Gasteiger partial charge in [0.1, 0.15) is 11.5 Å². The third-order valence-corrected chi connectivity index (χ3v) is 3.59. The van der Waals surface area contributed by atoms with Crippen LogP contribution in [0.2, 0.25) is 0 Å². The summed E-state index contributed by atoms with van der Waals surface area (Å²) in [6.07, 6.45) is 5.81. The predicted molar refractivity (Wildman–Crippen MR) is 62.0 cm³/mol. The maximum atomic E-state index is 5.78. The van der Waals surface area contributed by atoms with Crippen LogP contribution in [-0.4, -0.2) is 12.1 Å². The van der Waals surface area contributed by atoms with Crippen molar-refractivity contribution in [1.82, 2.24) is 5.32 Å². The molecule has 2 heteroatoms. The Hall–Kier alpha value is -0.760. The van der Waals surface area contributed by atoms with Crippen LogP contribution in [0.5, 0.6) is 0 Å². The van der Waals surface area contributed by atoms with Crippen molar-refractivity contribution in [2.45, 2.75) is 51.5 Å². The van der Waals surface area contributed by atoms with E-state index < -0.39 is 0 Å². The molecule has 0 aromatic carbocycles. The molecule has 0 bridgehead atoms. The molecule has 84 valence electrons. The topological polar surface area (TPSA) is 25.2 Å². The van der Waals surface area contributed by atoms with Crippen LogP contribution in [0.3, 0.4) is 0 Å². The molecule has 15 heavy (non-hydrogen) atoms. The fourth-order valence-corrected chi connectivity index (χ4v) is 2.49. The summed E-state index contributed by atoms with van der Waals surface area (Å²) < 4.78 is 5.78. The Balaban J connectivity index is 2.05. The van der Waals surface area contributed by atoms with Gasteiger partial charge >= 0.3 is 0 Å². The minimum absolute atomic E-state index is 0.308. The van der Waals surface area contributed by atoms with E-state index in [1.807, 2.05) is 0 Å². The molecule has 0 radical (unpaired) electrons. The van der Waals surface area contributed by atoms with Gasteiger partial charge in [0.2, 0.25) is 0 Å². The summed E-state index contributed by atoms with van der Waals surface area (Å²) in [7, 11) is 0. The fraction of sp³-hybridized carbons (Fsp3) is 0.692. The van der Waals surface area contributed by atoms with E-state index in [1.165, 1.54) is 19.3 Å². The number of furan rings is 1. The minimum atomic E-state index is 0.308. The van der Waals surface area contributed by atoms with Crippen LogP contribution in [0.1, 0.15) is 44.6 Å². The Kier molecular flexibility index (Phi) is 3.15. The lowest BCUT2D eigenvalue weighted by Gasteiger charge is -2.27. The maximum Gasteiger partial charge on any atom is 0.106 e. The first-order valence-electron chi connectivity index (χ1n) is 6.10. The molecule has 1 aromatic rings. The molecule has 2 nitrogen and oxygen atoms in total. The van der Waals surface area contributed by atoms with Crippen molar-refractivity contribution in [1.29, 1.82) is 0 Å². The van der Waals surface area contributed by atoms with E-state index in [9.17, 15) is 0 Å². The first kappa shape index (κ1) is 10.7. The molecule has 1 atom stereocenters. The van der Waals surface area contributed by atoms with Crippen molar-refractivity contribution in [2.75, 3.05) is 6.54 Å². The van der Waals surface area contributed by atoms with Crippen LogP contribution in [0, 0.1) is 0 Å². The number of hydrogen-bond acceptors (Lipinski definition) is 2. The number of rotatable bonds is 4. The summed E-state index contributed by atoms with van der Waals surface area (Å²) >= 11 is 0. The van der Waals surface area contributed by atoms with E-state index in [-0.39, 0.29) is 0 Å². The van der Waals surface area contributed by atoms with Gasteiger partial charge in [0, 0.05) is 18.4 Å². The second-order valence-electron chi connectivity index (χ2n) is 4.56. The SMILES string of the molecule is CCc1ccc(CC2(CC)CCCN2)o1. The molecule has 0 amide bonds. The second kappa shape index (κ2) is 4.40. The summed E-state index contributed by atoms with van der Waals surface area (Å²) in [5.41, 5.74) is 0.308. The average Bonchev–Trinajstić information content (AvgIpc) is 2.88. The van der Waals surface area contributed by atoms with Crippen molar-refractivity contribution < 1.29 is 4.42 Å². The monoisotopic (exact) mass is 207 g/mol. The molecule has 1 unspecified atom stereocenters. The zero-order valence-electron chi connectivity index (χ0n) is 9.81. The highest BCUT2D eigenvalue weighted by Gasteiger charge is 2.32. The lowest BCUT2D eigenvalue weighted by molar-refractivity contribution is 0.325. The summed E-state index contributed by atoms with van der Waals surface area (Å²) in [6, 6.07) is 4.24. The van der Waals surface area contributed by atoms with Crippen molar-refractivity contribution in [3.05, 3.63) is 23.7 Å². The van der Waals surface area contributed by atoms with E-state index in [0.29, 0.717) is 5.54 Å². The Labute approximate surface area is 92.1 Å². The van der Waals surface area contributed by atoms with Crippen LogP contribution in [0.4, 0.5) is 0 Å². The van der Waals surface area contributed by atoms with Gasteiger partial charge in [-0.1, -0.05) is 13.8 Å². The molecule has 1 aliphatic heterocycles. The molecule has 1 fully saturated rings. The van der Waals surface area contributed by atoms with Crippen LogP contribution in [0.25, 0.3) is 0 Å². The van der Waals surface area contributed by atoms with E-state index in [0.717, 1.165) is 30.9 Å². The highest BCUT2D eigenvalue weighted by Crippen LogP contribution is 2.27. The molecular weight excluding hydrogens is 186 g/mol. The Morgan fingerprint density at radius 1 is 1.33 bits per heavy atom. The normalized spacial score (nSPS) is 26.0. The Bertz CT molecular complexity index is 310. The lowest BCUT2D eigenvalue weighted by atomic mass is 9.89. The van der Waals surface area contributed by atoms with Gasteiger partial charge in [-0.15, -0.1) is 0 Å². The predicted octanol–water partition coefficient (Wildman–Crippen LogP) is 2.92. The highest BCUT2D eigenvalue weighted by atomic mass is 16.3. The smallest absolute Gasteiger partial charge is 0.106 e. The molecule has 0 saturated carbocycles. The Morgan fingerprint density at radius 3 is 2.67 bits per heavy atom. The van der Waals surface area contributed by atoms with Gasteiger partial charge in [0.15, 0.2) is 0 Å². The van der Waals surface area contributed by atoms with Crippen molar-refractivity contribution in [2.24, 2.45) is 0 Å². The lowest BCUT2D eigenvalue weighted by Crippen LogP contribution is -2.41. The van der Waals surface area contributed by atoms with E-state index in [4.69, 9.17) is 4.42 Å². The number of aryl methyl sites for hydroxylation is 1. The van der Waals surface area contributed by atoms with E-state index in [2.05, 4.69) is 31.3 Å². The van der Waals surface area contributed by atoms with Gasteiger partial charge in [-0.3, -0.25) is 0 Å². The van der Waals surface area contributed by atoms with Crippen LogP contribution in [-0.2, 0) is 12.8 Å². The molecule has 0 spiro atoms. The van der Waals surface area contributed by atoms with Crippen molar-refractivity contribution in [3.63, 3.8) is 0 Å². The largest absolute Gasteiger partial charge is 0.466 e. The standard InChI is InChI=1S/C13H21NO/c1-3-11-6-7-12(15-11)10-13(4-2)8-5-9-14-13/h6-7,14H,3-5,8-10H2,1-2H3. The highest BCUT2D eigenvalue weighted by molar-refractivity contribution is 5.11. The second-order valence-corrected chi connectivity index (χ2v) is 4.56. The molecular formula is C13H21NO. The number of nitrogens with one attached hydrogen (secondary N) is 1. The van der Waals surface area contributed by atoms with E-state index in [1.54, 1.807) is 0 Å². The molecule has 2 heterocycles. The number of hydrogen-bond donors (Lipinski definition) is 1. The van der Waals surface area contributed by atoms with Crippen LogP contribution in [0.15, 0.2) is 16.5 Å². The maximum absolute atomic E-state index is 5.78. The molecule has 1 N–H and O–H groups in total. The zero-order valence-corrected chi connectivity index (χ0v) is 9.81. The zero-order chi connectivity index (χ0) is 10.7. The summed E-state index contributed by atoms with van der Waals surface area (Å²) in [6.45, 7) is 5.56. The Morgan fingerprint density at radius 2 is 2.13 bits per heavy atom. The molecule has 0 aliphatic carbocycles. The minimum Gasteiger partial charge on any atom is -0.466 e. The van der Waals surface area contributed by atoms with Crippen LogP contribution >= 0.6 is 0 Å². The van der Waals surface area contributed by atoms with Gasteiger partial charge in [0.25, 0.3) is 0 Å². The van der Waals surface area contributed by atoms with Crippen molar-refractivity contribution in [3.8, 4) is 0 Å². The van der Waals surface area contributed by atoms with Gasteiger partial charge in [-0.05, 0) is 37.9 Å². The van der Waals surface area contributed by atoms with Crippen molar-refractivity contribution >= 4 is 0 Å². The van der Waals surface area contributed by atoms with Gasteiger partial charge < -0.3 is 9.73 Å². The third-order valence-electron chi connectivity index (χ3n) is 3.59. The first-order chi connectivity index (χ1) is 7.28. The summed E-state index contributed by atoms with van der Waals surface area (Å²) in [5.74, 6) is 2.25. The quantitative estimate of drug-likeness (QED) is 0.821. The third kappa shape index (κ3) is 2.25. The molecule has 1 aliphatic rings.